The highest BCUT2D eigenvalue weighted by Crippen LogP contribution is 2.30. The molecule has 6 nitrogen and oxygen atoms in total. The van der Waals surface area contributed by atoms with E-state index in [1.807, 2.05) is 0 Å². The average molecular weight is 318 g/mol. The number of aryl methyl sites for hydroxylation is 1. The van der Waals surface area contributed by atoms with Crippen LogP contribution in [-0.4, -0.2) is 21.6 Å². The number of carbonyl (C=O) groups is 2. The molecule has 3 rings (SSSR count). The normalized spacial score (nSPS) is 18.1. The number of carbonyl (C=O) groups excluding carboxylic acids is 2. The minimum Gasteiger partial charge on any atom is -0.352 e. The molecule has 2 aliphatic carbocycles. The number of amides is 2. The summed E-state index contributed by atoms with van der Waals surface area (Å²) in [6.45, 7) is 0.415. The number of rotatable bonds is 7. The quantitative estimate of drug-likeness (QED) is 0.810. The van der Waals surface area contributed by atoms with Crippen LogP contribution in [-0.2, 0) is 23.2 Å². The first kappa shape index (κ1) is 16.0. The van der Waals surface area contributed by atoms with Crippen molar-refractivity contribution in [3.05, 3.63) is 11.8 Å². The summed E-state index contributed by atoms with van der Waals surface area (Å²) < 4.78 is 1.66. The Labute approximate surface area is 137 Å². The van der Waals surface area contributed by atoms with Crippen LogP contribution in [0.2, 0.25) is 0 Å². The maximum atomic E-state index is 12.1. The van der Waals surface area contributed by atoms with Crippen LogP contribution in [0.3, 0.4) is 0 Å². The van der Waals surface area contributed by atoms with Gasteiger partial charge in [0.05, 0.1) is 6.20 Å². The molecule has 2 fully saturated rings. The molecule has 1 aromatic rings. The van der Waals surface area contributed by atoms with E-state index < -0.39 is 0 Å². The summed E-state index contributed by atoms with van der Waals surface area (Å²) >= 11 is 0. The summed E-state index contributed by atoms with van der Waals surface area (Å²) in [5.41, 5.74) is 0.858. The van der Waals surface area contributed by atoms with E-state index in [-0.39, 0.29) is 11.8 Å². The summed E-state index contributed by atoms with van der Waals surface area (Å²) in [6.07, 6.45) is 10.0. The third-order valence-electron chi connectivity index (χ3n) is 5.15. The zero-order valence-corrected chi connectivity index (χ0v) is 13.8. The SMILES string of the molecule is Cn1ncc(CNC(=O)CC2CCC2)c1NC(=O)CC1CCC1. The van der Waals surface area contributed by atoms with Crippen LogP contribution in [0.25, 0.3) is 0 Å². The lowest BCUT2D eigenvalue weighted by Crippen LogP contribution is -2.28. The van der Waals surface area contributed by atoms with Crippen molar-refractivity contribution in [2.24, 2.45) is 18.9 Å². The fourth-order valence-electron chi connectivity index (χ4n) is 3.14. The van der Waals surface area contributed by atoms with Gasteiger partial charge in [-0.15, -0.1) is 0 Å². The number of hydrogen-bond acceptors (Lipinski definition) is 3. The van der Waals surface area contributed by atoms with Gasteiger partial charge in [0.15, 0.2) is 0 Å². The van der Waals surface area contributed by atoms with E-state index in [9.17, 15) is 9.59 Å². The van der Waals surface area contributed by atoms with Crippen molar-refractivity contribution in [2.45, 2.75) is 57.9 Å². The zero-order valence-electron chi connectivity index (χ0n) is 13.8. The fourth-order valence-corrected chi connectivity index (χ4v) is 3.14. The van der Waals surface area contributed by atoms with E-state index in [1.165, 1.54) is 25.7 Å². The van der Waals surface area contributed by atoms with Crippen LogP contribution in [0.15, 0.2) is 6.20 Å². The van der Waals surface area contributed by atoms with Crippen molar-refractivity contribution in [1.29, 1.82) is 0 Å². The Kier molecular flexibility index (Phi) is 4.98. The molecule has 0 spiro atoms. The van der Waals surface area contributed by atoms with E-state index in [0.29, 0.717) is 37.0 Å². The Morgan fingerprint density at radius 2 is 1.74 bits per heavy atom. The molecule has 0 bridgehead atoms. The van der Waals surface area contributed by atoms with Gasteiger partial charge in [0.1, 0.15) is 5.82 Å². The molecule has 126 valence electrons. The third-order valence-corrected chi connectivity index (χ3v) is 5.15. The second-order valence-electron chi connectivity index (χ2n) is 6.97. The van der Waals surface area contributed by atoms with E-state index in [2.05, 4.69) is 15.7 Å². The molecule has 2 N–H and O–H groups in total. The maximum Gasteiger partial charge on any atom is 0.225 e. The molecule has 2 amide bonds. The second kappa shape index (κ2) is 7.15. The van der Waals surface area contributed by atoms with E-state index in [4.69, 9.17) is 0 Å². The first-order valence-electron chi connectivity index (χ1n) is 8.69. The highest BCUT2D eigenvalue weighted by Gasteiger charge is 2.23. The molecule has 1 heterocycles. The van der Waals surface area contributed by atoms with Crippen LogP contribution in [0, 0.1) is 11.8 Å². The van der Waals surface area contributed by atoms with Crippen molar-refractivity contribution in [2.75, 3.05) is 5.32 Å². The van der Waals surface area contributed by atoms with Crippen molar-refractivity contribution >= 4 is 17.6 Å². The first-order valence-corrected chi connectivity index (χ1v) is 8.69. The van der Waals surface area contributed by atoms with Crippen molar-refractivity contribution < 1.29 is 9.59 Å². The molecule has 0 atom stereocenters. The largest absolute Gasteiger partial charge is 0.352 e. The van der Waals surface area contributed by atoms with Gasteiger partial charge in [0, 0.05) is 32.0 Å². The molecule has 0 aromatic carbocycles. The molecule has 2 aliphatic rings. The Bertz CT molecular complexity index is 573. The first-order chi connectivity index (χ1) is 11.1. The smallest absolute Gasteiger partial charge is 0.225 e. The topological polar surface area (TPSA) is 76.0 Å². The van der Waals surface area contributed by atoms with Gasteiger partial charge in [-0.2, -0.15) is 5.10 Å². The van der Waals surface area contributed by atoms with Gasteiger partial charge in [0.2, 0.25) is 11.8 Å². The number of nitrogens with zero attached hydrogens (tertiary/aromatic N) is 2. The van der Waals surface area contributed by atoms with Crippen molar-refractivity contribution in [3.63, 3.8) is 0 Å². The molecule has 0 radical (unpaired) electrons. The Morgan fingerprint density at radius 1 is 1.13 bits per heavy atom. The lowest BCUT2D eigenvalue weighted by molar-refractivity contribution is -0.122. The summed E-state index contributed by atoms with van der Waals surface area (Å²) in [6, 6.07) is 0. The van der Waals surface area contributed by atoms with Gasteiger partial charge in [-0.05, 0) is 37.5 Å². The molecule has 0 unspecified atom stereocenters. The van der Waals surface area contributed by atoms with E-state index in [1.54, 1.807) is 17.9 Å². The Balaban J connectivity index is 1.50. The van der Waals surface area contributed by atoms with Crippen molar-refractivity contribution in [1.82, 2.24) is 15.1 Å². The molecular formula is C17H26N4O2. The highest BCUT2D eigenvalue weighted by molar-refractivity contribution is 5.90. The molecule has 1 aromatic heterocycles. The van der Waals surface area contributed by atoms with Gasteiger partial charge in [-0.25, -0.2) is 0 Å². The summed E-state index contributed by atoms with van der Waals surface area (Å²) in [4.78, 5) is 24.0. The van der Waals surface area contributed by atoms with Crippen LogP contribution >= 0.6 is 0 Å². The van der Waals surface area contributed by atoms with E-state index in [0.717, 1.165) is 18.4 Å². The second-order valence-corrected chi connectivity index (χ2v) is 6.97. The number of aromatic nitrogens is 2. The average Bonchev–Trinajstić information content (AvgIpc) is 2.77. The minimum absolute atomic E-state index is 0.0420. The fraction of sp³-hybridized carbons (Fsp3) is 0.706. The highest BCUT2D eigenvalue weighted by atomic mass is 16.2. The minimum atomic E-state index is 0.0420. The summed E-state index contributed by atoms with van der Waals surface area (Å²) in [5.74, 6) is 1.92. The van der Waals surface area contributed by atoms with Crippen LogP contribution in [0.4, 0.5) is 5.82 Å². The maximum absolute atomic E-state index is 12.1. The van der Waals surface area contributed by atoms with Crippen molar-refractivity contribution in [3.8, 4) is 0 Å². The number of anilines is 1. The summed E-state index contributed by atoms with van der Waals surface area (Å²) in [5, 5.41) is 10.1. The zero-order chi connectivity index (χ0) is 16.2. The molecule has 23 heavy (non-hydrogen) atoms. The molecule has 2 saturated carbocycles. The molecule has 0 saturated heterocycles. The molecular weight excluding hydrogens is 292 g/mol. The predicted octanol–water partition coefficient (Wildman–Crippen LogP) is 2.36. The third kappa shape index (κ3) is 4.12. The predicted molar refractivity (Wildman–Crippen MR) is 87.6 cm³/mol. The van der Waals surface area contributed by atoms with Gasteiger partial charge in [-0.3, -0.25) is 14.3 Å². The van der Waals surface area contributed by atoms with Gasteiger partial charge < -0.3 is 10.6 Å². The monoisotopic (exact) mass is 318 g/mol. The summed E-state index contributed by atoms with van der Waals surface area (Å²) in [7, 11) is 1.80. The van der Waals surface area contributed by atoms with Crippen LogP contribution in [0.1, 0.15) is 56.9 Å². The lowest BCUT2D eigenvalue weighted by atomic mass is 9.83. The van der Waals surface area contributed by atoms with Gasteiger partial charge in [0.25, 0.3) is 0 Å². The standard InChI is InChI=1S/C17H26N4O2/c1-21-17(20-16(23)9-13-6-3-7-13)14(11-19-21)10-18-15(22)8-12-4-2-5-12/h11-13H,2-10H2,1H3,(H,18,22)(H,20,23). The van der Waals surface area contributed by atoms with Gasteiger partial charge in [-0.1, -0.05) is 12.8 Å². The number of nitrogens with one attached hydrogen (secondary N) is 2. The Morgan fingerprint density at radius 3 is 2.30 bits per heavy atom. The molecule has 0 aliphatic heterocycles. The van der Waals surface area contributed by atoms with E-state index >= 15 is 0 Å². The molecule has 6 heteroatoms. The number of hydrogen-bond donors (Lipinski definition) is 2. The Hall–Kier alpha value is -1.85. The van der Waals surface area contributed by atoms with Gasteiger partial charge >= 0.3 is 0 Å². The van der Waals surface area contributed by atoms with Crippen LogP contribution < -0.4 is 10.6 Å². The van der Waals surface area contributed by atoms with Crippen LogP contribution in [0.5, 0.6) is 0 Å². The lowest BCUT2D eigenvalue weighted by Gasteiger charge is -2.24.